The van der Waals surface area contributed by atoms with Crippen LogP contribution < -0.4 is 21.3 Å². The first kappa shape index (κ1) is 30.6. The van der Waals surface area contributed by atoms with Gasteiger partial charge in [-0.05, 0) is 30.6 Å². The smallest absolute Gasteiger partial charge is 0.404 e. The highest BCUT2D eigenvalue weighted by molar-refractivity contribution is 5.88. The topological polar surface area (TPSA) is 157 Å². The van der Waals surface area contributed by atoms with Crippen LogP contribution >= 0.6 is 0 Å². The second-order valence-corrected chi connectivity index (χ2v) is 9.86. The average molecular weight is 473 g/mol. The number of nitrogens with one attached hydrogen (secondary N) is 4. The van der Waals surface area contributed by atoms with Gasteiger partial charge in [0.25, 0.3) is 0 Å². The van der Waals surface area contributed by atoms with Gasteiger partial charge in [-0.25, -0.2) is 4.79 Å². The third-order valence-electron chi connectivity index (χ3n) is 5.14. The van der Waals surface area contributed by atoms with Gasteiger partial charge in [0.1, 0.15) is 6.04 Å². The van der Waals surface area contributed by atoms with E-state index in [1.807, 2.05) is 41.5 Å². The van der Waals surface area contributed by atoms with Gasteiger partial charge in [-0.1, -0.05) is 48.5 Å². The fourth-order valence-corrected chi connectivity index (χ4v) is 3.26. The van der Waals surface area contributed by atoms with E-state index < -0.39 is 30.2 Å². The second kappa shape index (κ2) is 15.5. The molecule has 192 valence electrons. The van der Waals surface area contributed by atoms with Crippen LogP contribution in [0.4, 0.5) is 4.79 Å². The molecule has 10 nitrogen and oxygen atoms in total. The second-order valence-electron chi connectivity index (χ2n) is 9.86. The SMILES string of the molecule is CC(C)CNC(=O)C(NC(=O)C(C)CC(O)C(CC(C)C)NC(=O)CCNC(=O)O)C(C)C. The van der Waals surface area contributed by atoms with Crippen molar-refractivity contribution < 1.29 is 29.4 Å². The number of aliphatic hydroxyl groups excluding tert-OH is 1. The van der Waals surface area contributed by atoms with Crippen LogP contribution in [0.3, 0.4) is 0 Å². The lowest BCUT2D eigenvalue weighted by molar-refractivity contribution is -0.132. The minimum Gasteiger partial charge on any atom is -0.465 e. The van der Waals surface area contributed by atoms with Gasteiger partial charge in [0.2, 0.25) is 17.7 Å². The van der Waals surface area contributed by atoms with Crippen molar-refractivity contribution in [3.63, 3.8) is 0 Å². The van der Waals surface area contributed by atoms with Gasteiger partial charge in [0.05, 0.1) is 12.1 Å². The molecule has 0 saturated heterocycles. The Morgan fingerprint density at radius 3 is 1.88 bits per heavy atom. The highest BCUT2D eigenvalue weighted by Crippen LogP contribution is 2.16. The fourth-order valence-electron chi connectivity index (χ4n) is 3.26. The molecule has 6 N–H and O–H groups in total. The molecule has 0 aromatic rings. The number of hydrogen-bond acceptors (Lipinski definition) is 5. The molecule has 4 amide bonds. The number of carbonyl (C=O) groups excluding carboxylic acids is 3. The van der Waals surface area contributed by atoms with E-state index in [2.05, 4.69) is 21.3 Å². The number of carboxylic acid groups (broad SMARTS) is 1. The van der Waals surface area contributed by atoms with Crippen LogP contribution in [0.2, 0.25) is 0 Å². The molecule has 0 saturated carbocycles. The van der Waals surface area contributed by atoms with Crippen molar-refractivity contribution in [2.24, 2.45) is 23.7 Å². The van der Waals surface area contributed by atoms with Crippen LogP contribution in [-0.4, -0.2) is 65.3 Å². The van der Waals surface area contributed by atoms with Crippen molar-refractivity contribution in [2.45, 2.75) is 85.9 Å². The molecule has 0 aromatic heterocycles. The molecular formula is C23H44N4O6. The molecule has 0 rings (SSSR count). The van der Waals surface area contributed by atoms with Gasteiger partial charge in [-0.2, -0.15) is 0 Å². The summed E-state index contributed by atoms with van der Waals surface area (Å²) in [6.45, 7) is 13.8. The zero-order valence-electron chi connectivity index (χ0n) is 21.1. The first-order chi connectivity index (χ1) is 15.2. The van der Waals surface area contributed by atoms with E-state index in [1.165, 1.54) is 0 Å². The van der Waals surface area contributed by atoms with E-state index in [9.17, 15) is 24.3 Å². The monoisotopic (exact) mass is 472 g/mol. The number of amides is 4. The summed E-state index contributed by atoms with van der Waals surface area (Å²) in [5, 5.41) is 29.9. The lowest BCUT2D eigenvalue weighted by atomic mass is 9.92. The van der Waals surface area contributed by atoms with Gasteiger partial charge >= 0.3 is 6.09 Å². The fraction of sp³-hybridized carbons (Fsp3) is 0.826. The summed E-state index contributed by atoms with van der Waals surface area (Å²) < 4.78 is 0. The van der Waals surface area contributed by atoms with E-state index >= 15 is 0 Å². The Morgan fingerprint density at radius 2 is 1.39 bits per heavy atom. The summed E-state index contributed by atoms with van der Waals surface area (Å²) in [5.41, 5.74) is 0. The van der Waals surface area contributed by atoms with Crippen molar-refractivity contribution in [1.29, 1.82) is 0 Å². The lowest BCUT2D eigenvalue weighted by Gasteiger charge is -2.28. The van der Waals surface area contributed by atoms with Crippen LogP contribution in [0.5, 0.6) is 0 Å². The largest absolute Gasteiger partial charge is 0.465 e. The predicted molar refractivity (Wildman–Crippen MR) is 126 cm³/mol. The standard InChI is InChI=1S/C23H44N4O6/c1-13(2)10-17(26-19(29)8-9-24-23(32)33)18(28)11-16(7)21(30)27-20(15(5)6)22(31)25-12-14(3)4/h13-18,20,24,28H,8-12H2,1-7H3,(H,25,31)(H,26,29)(H,27,30)(H,32,33). The highest BCUT2D eigenvalue weighted by Gasteiger charge is 2.30. The average Bonchev–Trinajstić information content (AvgIpc) is 2.68. The third kappa shape index (κ3) is 13.7. The Bertz CT molecular complexity index is 638. The van der Waals surface area contributed by atoms with Crippen LogP contribution in [0.25, 0.3) is 0 Å². The van der Waals surface area contributed by atoms with Crippen LogP contribution in [0, 0.1) is 23.7 Å². The summed E-state index contributed by atoms with van der Waals surface area (Å²) in [6.07, 6.45) is -1.63. The first-order valence-corrected chi connectivity index (χ1v) is 11.8. The molecule has 4 unspecified atom stereocenters. The maximum Gasteiger partial charge on any atom is 0.404 e. The van der Waals surface area contributed by atoms with Crippen molar-refractivity contribution in [2.75, 3.05) is 13.1 Å². The normalized spacial score (nSPS) is 15.0. The van der Waals surface area contributed by atoms with E-state index in [1.54, 1.807) is 6.92 Å². The van der Waals surface area contributed by atoms with Crippen molar-refractivity contribution in [1.82, 2.24) is 21.3 Å². The summed E-state index contributed by atoms with van der Waals surface area (Å²) >= 11 is 0. The Kier molecular flexibility index (Phi) is 14.4. The van der Waals surface area contributed by atoms with Gasteiger partial charge in [0.15, 0.2) is 0 Å². The van der Waals surface area contributed by atoms with Crippen molar-refractivity contribution in [3.05, 3.63) is 0 Å². The zero-order chi connectivity index (χ0) is 25.7. The molecule has 0 bridgehead atoms. The summed E-state index contributed by atoms with van der Waals surface area (Å²) in [5.74, 6) is -1.18. The first-order valence-electron chi connectivity index (χ1n) is 11.8. The van der Waals surface area contributed by atoms with Crippen LogP contribution in [-0.2, 0) is 14.4 Å². The molecule has 0 aliphatic carbocycles. The zero-order valence-corrected chi connectivity index (χ0v) is 21.1. The Balaban J connectivity index is 4.99. The van der Waals surface area contributed by atoms with E-state index in [-0.39, 0.29) is 48.9 Å². The number of carbonyl (C=O) groups is 4. The number of hydrogen-bond donors (Lipinski definition) is 6. The van der Waals surface area contributed by atoms with Gasteiger partial charge in [-0.15, -0.1) is 0 Å². The quantitative estimate of drug-likeness (QED) is 0.212. The van der Waals surface area contributed by atoms with E-state index in [0.29, 0.717) is 18.9 Å². The van der Waals surface area contributed by atoms with Gasteiger partial charge in [-0.3, -0.25) is 14.4 Å². The minimum absolute atomic E-state index is 0.0278. The van der Waals surface area contributed by atoms with E-state index in [0.717, 1.165) is 0 Å². The van der Waals surface area contributed by atoms with Crippen molar-refractivity contribution in [3.8, 4) is 0 Å². The molecule has 0 heterocycles. The molecule has 10 heteroatoms. The molecule has 33 heavy (non-hydrogen) atoms. The molecule has 0 aliphatic rings. The predicted octanol–water partition coefficient (Wildman–Crippen LogP) is 1.48. The van der Waals surface area contributed by atoms with Crippen LogP contribution in [0.15, 0.2) is 0 Å². The van der Waals surface area contributed by atoms with Gasteiger partial charge < -0.3 is 31.5 Å². The molecule has 0 radical (unpaired) electrons. The van der Waals surface area contributed by atoms with Crippen molar-refractivity contribution >= 4 is 23.8 Å². The molecule has 0 aromatic carbocycles. The number of rotatable bonds is 15. The minimum atomic E-state index is -1.21. The summed E-state index contributed by atoms with van der Waals surface area (Å²) in [6, 6.07) is -1.25. The molecule has 0 aliphatic heterocycles. The molecule has 0 spiro atoms. The van der Waals surface area contributed by atoms with Gasteiger partial charge in [0, 0.05) is 25.4 Å². The molecule has 0 fully saturated rings. The number of aliphatic hydroxyl groups is 1. The maximum absolute atomic E-state index is 12.8. The van der Waals surface area contributed by atoms with E-state index in [4.69, 9.17) is 5.11 Å². The van der Waals surface area contributed by atoms with Crippen LogP contribution in [0.1, 0.15) is 67.7 Å². The summed E-state index contributed by atoms with van der Waals surface area (Å²) in [7, 11) is 0. The third-order valence-corrected chi connectivity index (χ3v) is 5.14. The highest BCUT2D eigenvalue weighted by atomic mass is 16.4. The molecule has 4 atom stereocenters. The Morgan fingerprint density at radius 1 is 0.788 bits per heavy atom. The summed E-state index contributed by atoms with van der Waals surface area (Å²) in [4.78, 5) is 47.9. The maximum atomic E-state index is 12.8. The lowest BCUT2D eigenvalue weighted by Crippen LogP contribution is -2.52. The Hall–Kier alpha value is -2.36. The molecular weight excluding hydrogens is 428 g/mol. The Labute approximate surface area is 197 Å².